The van der Waals surface area contributed by atoms with Crippen LogP contribution in [0.4, 0.5) is 0 Å². The lowest BCUT2D eigenvalue weighted by Gasteiger charge is -2.18. The zero-order valence-corrected chi connectivity index (χ0v) is 11.8. The van der Waals surface area contributed by atoms with Crippen molar-refractivity contribution in [2.24, 2.45) is 0 Å². The first-order chi connectivity index (χ1) is 10.1. The van der Waals surface area contributed by atoms with Gasteiger partial charge in [0.25, 0.3) is 0 Å². The van der Waals surface area contributed by atoms with Crippen LogP contribution in [0.1, 0.15) is 45.0 Å². The first-order valence-electron chi connectivity index (χ1n) is 7.73. The molecule has 1 saturated heterocycles. The minimum atomic E-state index is -0.838. The van der Waals surface area contributed by atoms with E-state index in [4.69, 9.17) is 10.8 Å². The minimum Gasteiger partial charge on any atom is -0.493 e. The number of carbonyl (C=O) groups excluding carboxylic acids is 1. The standard InChI is InChI=1S/C16H21NO3/c1-19-14-7-6-11(12-9-16(18)17-10-12)8-15(14)20-13-4-2-3-5-13/h6-8,12-13H,2-5,9-10H2,1H3,(H,17,18)/i13D. The van der Waals surface area contributed by atoms with Crippen LogP contribution in [0.2, 0.25) is 0 Å². The van der Waals surface area contributed by atoms with E-state index >= 15 is 0 Å². The molecule has 1 amide bonds. The number of benzene rings is 1. The van der Waals surface area contributed by atoms with Gasteiger partial charge in [-0.05, 0) is 43.4 Å². The number of hydrogen-bond acceptors (Lipinski definition) is 3. The van der Waals surface area contributed by atoms with E-state index in [-0.39, 0.29) is 11.8 Å². The zero-order chi connectivity index (χ0) is 14.9. The maximum Gasteiger partial charge on any atom is 0.220 e. The number of methoxy groups -OCH3 is 1. The molecule has 0 aromatic heterocycles. The molecule has 0 spiro atoms. The largest absolute Gasteiger partial charge is 0.493 e. The molecule has 1 unspecified atom stereocenters. The Morgan fingerprint density at radius 1 is 1.30 bits per heavy atom. The van der Waals surface area contributed by atoms with Gasteiger partial charge in [0.2, 0.25) is 5.91 Å². The van der Waals surface area contributed by atoms with Crippen molar-refractivity contribution in [2.75, 3.05) is 13.7 Å². The van der Waals surface area contributed by atoms with Gasteiger partial charge in [0.15, 0.2) is 11.5 Å². The van der Waals surface area contributed by atoms with Crippen molar-refractivity contribution in [3.8, 4) is 11.5 Å². The molecular weight excluding hydrogens is 254 g/mol. The second kappa shape index (κ2) is 5.73. The van der Waals surface area contributed by atoms with Crippen LogP contribution in [0.3, 0.4) is 0 Å². The molecule has 4 nitrogen and oxygen atoms in total. The lowest BCUT2D eigenvalue weighted by atomic mass is 9.98. The highest BCUT2D eigenvalue weighted by molar-refractivity contribution is 5.79. The number of nitrogens with one attached hydrogen (secondary N) is 1. The van der Waals surface area contributed by atoms with Gasteiger partial charge in [0.05, 0.1) is 14.6 Å². The van der Waals surface area contributed by atoms with E-state index in [9.17, 15) is 4.79 Å². The van der Waals surface area contributed by atoms with Crippen LogP contribution in [0, 0.1) is 0 Å². The molecule has 2 fully saturated rings. The fraction of sp³-hybridized carbons (Fsp3) is 0.562. The van der Waals surface area contributed by atoms with Gasteiger partial charge in [0, 0.05) is 18.9 Å². The Kier molecular flexibility index (Phi) is 3.46. The van der Waals surface area contributed by atoms with Crippen molar-refractivity contribution in [2.45, 2.75) is 44.1 Å². The number of amides is 1. The van der Waals surface area contributed by atoms with Gasteiger partial charge in [-0.15, -0.1) is 0 Å². The molecule has 1 aliphatic carbocycles. The topological polar surface area (TPSA) is 47.6 Å². The van der Waals surface area contributed by atoms with Crippen molar-refractivity contribution in [3.05, 3.63) is 23.8 Å². The zero-order valence-electron chi connectivity index (χ0n) is 12.8. The molecule has 1 aromatic rings. The normalized spacial score (nSPS) is 25.1. The Morgan fingerprint density at radius 3 is 2.75 bits per heavy atom. The summed E-state index contributed by atoms with van der Waals surface area (Å²) >= 11 is 0. The van der Waals surface area contributed by atoms with E-state index in [1.807, 2.05) is 18.2 Å². The summed E-state index contributed by atoms with van der Waals surface area (Å²) in [5, 5.41) is 2.85. The summed E-state index contributed by atoms with van der Waals surface area (Å²) in [5.41, 5.74) is 1.06. The Morgan fingerprint density at radius 2 is 2.10 bits per heavy atom. The molecule has 1 aromatic carbocycles. The molecule has 3 rings (SSSR count). The molecule has 1 atom stereocenters. The van der Waals surface area contributed by atoms with Gasteiger partial charge in [-0.3, -0.25) is 4.79 Å². The highest BCUT2D eigenvalue weighted by atomic mass is 16.5. The molecule has 1 heterocycles. The summed E-state index contributed by atoms with van der Waals surface area (Å²) in [7, 11) is 1.60. The first-order valence-corrected chi connectivity index (χ1v) is 7.23. The summed E-state index contributed by atoms with van der Waals surface area (Å²) in [4.78, 5) is 11.4. The Labute approximate surface area is 120 Å². The second-order valence-corrected chi connectivity index (χ2v) is 5.46. The van der Waals surface area contributed by atoms with Crippen molar-refractivity contribution < 1.29 is 15.6 Å². The van der Waals surface area contributed by atoms with Crippen LogP contribution in [0.5, 0.6) is 11.5 Å². The summed E-state index contributed by atoms with van der Waals surface area (Å²) < 4.78 is 19.7. The van der Waals surface area contributed by atoms with Gasteiger partial charge >= 0.3 is 0 Å². The molecular formula is C16H21NO3. The molecule has 1 N–H and O–H groups in total. The number of ether oxygens (including phenoxy) is 2. The van der Waals surface area contributed by atoms with E-state index in [2.05, 4.69) is 5.32 Å². The van der Waals surface area contributed by atoms with Crippen molar-refractivity contribution >= 4 is 5.91 Å². The SMILES string of the molecule is [2H]C1(Oc2cc(C3CNC(=O)C3)ccc2OC)CCCC1. The Hall–Kier alpha value is -1.71. The van der Waals surface area contributed by atoms with E-state index in [0.29, 0.717) is 24.5 Å². The maximum absolute atomic E-state index is 11.4. The van der Waals surface area contributed by atoms with Gasteiger partial charge < -0.3 is 14.8 Å². The van der Waals surface area contributed by atoms with E-state index in [0.717, 1.165) is 31.2 Å². The smallest absolute Gasteiger partial charge is 0.220 e. The van der Waals surface area contributed by atoms with E-state index < -0.39 is 6.08 Å². The molecule has 4 heteroatoms. The summed E-state index contributed by atoms with van der Waals surface area (Å²) in [5.74, 6) is 1.53. The predicted octanol–water partition coefficient (Wildman–Crippen LogP) is 2.62. The molecule has 1 saturated carbocycles. The Balaban J connectivity index is 1.84. The fourth-order valence-corrected chi connectivity index (χ4v) is 2.89. The quantitative estimate of drug-likeness (QED) is 0.919. The molecule has 0 radical (unpaired) electrons. The average molecular weight is 276 g/mol. The third kappa shape index (κ3) is 2.74. The lowest BCUT2D eigenvalue weighted by Crippen LogP contribution is -2.14. The third-order valence-corrected chi connectivity index (χ3v) is 4.05. The van der Waals surface area contributed by atoms with Gasteiger partial charge in [-0.1, -0.05) is 6.07 Å². The number of carbonyl (C=O) groups is 1. The molecule has 2 aliphatic rings. The Bertz CT molecular complexity index is 540. The second-order valence-electron chi connectivity index (χ2n) is 5.46. The van der Waals surface area contributed by atoms with Crippen molar-refractivity contribution in [3.63, 3.8) is 0 Å². The van der Waals surface area contributed by atoms with Crippen LogP contribution in [0.15, 0.2) is 18.2 Å². The minimum absolute atomic E-state index is 0.0889. The van der Waals surface area contributed by atoms with Crippen LogP contribution < -0.4 is 14.8 Å². The van der Waals surface area contributed by atoms with Crippen LogP contribution in [0.25, 0.3) is 0 Å². The van der Waals surface area contributed by atoms with Crippen LogP contribution in [-0.4, -0.2) is 25.6 Å². The molecule has 20 heavy (non-hydrogen) atoms. The molecule has 1 aliphatic heterocycles. The highest BCUT2D eigenvalue weighted by Gasteiger charge is 2.25. The lowest BCUT2D eigenvalue weighted by molar-refractivity contribution is -0.119. The van der Waals surface area contributed by atoms with Gasteiger partial charge in [-0.25, -0.2) is 0 Å². The first kappa shape index (κ1) is 12.1. The van der Waals surface area contributed by atoms with Crippen LogP contribution >= 0.6 is 0 Å². The average Bonchev–Trinajstić information content (AvgIpc) is 3.08. The van der Waals surface area contributed by atoms with Gasteiger partial charge in [-0.2, -0.15) is 0 Å². The monoisotopic (exact) mass is 276 g/mol. The van der Waals surface area contributed by atoms with E-state index in [1.54, 1.807) is 7.11 Å². The van der Waals surface area contributed by atoms with Gasteiger partial charge in [0.1, 0.15) is 0 Å². The summed E-state index contributed by atoms with van der Waals surface area (Å²) in [6.07, 6.45) is 3.25. The van der Waals surface area contributed by atoms with Crippen molar-refractivity contribution in [1.29, 1.82) is 0 Å². The van der Waals surface area contributed by atoms with E-state index in [1.165, 1.54) is 0 Å². The highest BCUT2D eigenvalue weighted by Crippen LogP contribution is 2.35. The third-order valence-electron chi connectivity index (χ3n) is 4.05. The summed E-state index contributed by atoms with van der Waals surface area (Å²) in [6.45, 7) is 0.663. The van der Waals surface area contributed by atoms with Crippen molar-refractivity contribution in [1.82, 2.24) is 5.32 Å². The predicted molar refractivity (Wildman–Crippen MR) is 76.2 cm³/mol. The molecule has 108 valence electrons. The number of rotatable bonds is 4. The summed E-state index contributed by atoms with van der Waals surface area (Å²) in [6, 6.07) is 5.77. The number of hydrogen-bond donors (Lipinski definition) is 1. The maximum atomic E-state index is 11.4. The fourth-order valence-electron chi connectivity index (χ4n) is 2.89. The van der Waals surface area contributed by atoms with Crippen LogP contribution in [-0.2, 0) is 4.79 Å². The molecule has 0 bridgehead atoms.